The van der Waals surface area contributed by atoms with Crippen LogP contribution in [0, 0.1) is 0 Å². The van der Waals surface area contributed by atoms with Crippen molar-refractivity contribution in [3.05, 3.63) is 83.7 Å². The smallest absolute Gasteiger partial charge is 0.411 e. The molecule has 30 heavy (non-hydrogen) atoms. The Hall–Kier alpha value is -3.87. The van der Waals surface area contributed by atoms with E-state index in [2.05, 4.69) is 20.4 Å². The predicted octanol–water partition coefficient (Wildman–Crippen LogP) is 4.31. The minimum Gasteiger partial charge on any atom is -0.487 e. The van der Waals surface area contributed by atoms with Gasteiger partial charge in [-0.25, -0.2) is 4.79 Å². The number of hydrogen-bond acceptors (Lipinski definition) is 5. The van der Waals surface area contributed by atoms with E-state index in [0.29, 0.717) is 24.4 Å². The third kappa shape index (κ3) is 4.41. The number of carbonyl (C=O) groups excluding carboxylic acids is 2. The molecule has 2 N–H and O–H groups in total. The van der Waals surface area contributed by atoms with Gasteiger partial charge < -0.3 is 14.8 Å². The lowest BCUT2D eigenvalue weighted by Gasteiger charge is -2.27. The summed E-state index contributed by atoms with van der Waals surface area (Å²) >= 11 is 0. The lowest BCUT2D eigenvalue weighted by atomic mass is 9.84. The molecule has 152 valence electrons. The number of nitrogens with zero attached hydrogens (tertiary/aromatic N) is 1. The highest BCUT2D eigenvalue weighted by Crippen LogP contribution is 2.39. The van der Waals surface area contributed by atoms with Crippen LogP contribution < -0.4 is 15.4 Å². The van der Waals surface area contributed by atoms with E-state index in [0.717, 1.165) is 22.6 Å². The van der Waals surface area contributed by atoms with Crippen molar-refractivity contribution >= 4 is 23.4 Å². The van der Waals surface area contributed by atoms with Crippen molar-refractivity contribution in [2.75, 3.05) is 17.7 Å². The van der Waals surface area contributed by atoms with Crippen molar-refractivity contribution in [2.45, 2.75) is 18.9 Å². The largest absolute Gasteiger partial charge is 0.487 e. The maximum atomic E-state index is 12.3. The Morgan fingerprint density at radius 3 is 2.87 bits per heavy atom. The number of methoxy groups -OCH3 is 1. The van der Waals surface area contributed by atoms with E-state index in [4.69, 9.17) is 4.74 Å². The third-order valence-electron chi connectivity index (χ3n) is 4.90. The Kier molecular flexibility index (Phi) is 5.61. The monoisotopic (exact) mass is 403 g/mol. The normalized spacial score (nSPS) is 15.0. The molecule has 0 aliphatic carbocycles. The molecule has 1 aliphatic rings. The minimum absolute atomic E-state index is 0.0810. The zero-order chi connectivity index (χ0) is 20.9. The van der Waals surface area contributed by atoms with Gasteiger partial charge in [-0.3, -0.25) is 15.1 Å². The van der Waals surface area contributed by atoms with Gasteiger partial charge >= 0.3 is 6.09 Å². The molecule has 0 saturated carbocycles. The SMILES string of the molecule is COC(=O)Nc1ccc2c(c1)NC(=O)CC2c1cccc(OCc2ccccn2)c1. The summed E-state index contributed by atoms with van der Waals surface area (Å²) in [6.45, 7) is 0.370. The molecule has 1 unspecified atom stereocenters. The maximum Gasteiger partial charge on any atom is 0.411 e. The van der Waals surface area contributed by atoms with Crippen molar-refractivity contribution in [3.63, 3.8) is 0 Å². The molecule has 1 aliphatic heterocycles. The second kappa shape index (κ2) is 8.65. The highest BCUT2D eigenvalue weighted by Gasteiger charge is 2.27. The molecule has 4 rings (SSSR count). The Labute approximate surface area is 174 Å². The van der Waals surface area contributed by atoms with Crippen LogP contribution in [-0.2, 0) is 16.1 Å². The number of benzene rings is 2. The summed E-state index contributed by atoms with van der Waals surface area (Å²) in [5.74, 6) is 0.525. The summed E-state index contributed by atoms with van der Waals surface area (Å²) in [6.07, 6.45) is 1.50. The van der Waals surface area contributed by atoms with Crippen LogP contribution in [0.3, 0.4) is 0 Å². The van der Waals surface area contributed by atoms with Gasteiger partial charge in [-0.15, -0.1) is 0 Å². The molecular weight excluding hydrogens is 382 g/mol. The first kappa shape index (κ1) is 19.4. The molecule has 2 aromatic carbocycles. The summed E-state index contributed by atoms with van der Waals surface area (Å²) < 4.78 is 10.5. The molecule has 7 heteroatoms. The summed E-state index contributed by atoms with van der Waals surface area (Å²) in [5.41, 5.74) is 4.03. The van der Waals surface area contributed by atoms with E-state index in [9.17, 15) is 9.59 Å². The van der Waals surface area contributed by atoms with Gasteiger partial charge in [0, 0.05) is 29.9 Å². The van der Waals surface area contributed by atoms with Gasteiger partial charge in [0.15, 0.2) is 0 Å². The molecule has 0 radical (unpaired) electrons. The second-order valence-corrected chi connectivity index (χ2v) is 6.91. The Morgan fingerprint density at radius 1 is 1.17 bits per heavy atom. The van der Waals surface area contributed by atoms with Gasteiger partial charge in [0.2, 0.25) is 5.91 Å². The molecule has 0 spiro atoms. The number of nitrogens with one attached hydrogen (secondary N) is 2. The number of fused-ring (bicyclic) bond motifs is 1. The zero-order valence-electron chi connectivity index (χ0n) is 16.4. The molecule has 3 aromatic rings. The van der Waals surface area contributed by atoms with Gasteiger partial charge in [-0.05, 0) is 47.5 Å². The lowest BCUT2D eigenvalue weighted by molar-refractivity contribution is -0.116. The van der Waals surface area contributed by atoms with Crippen LogP contribution in [0.4, 0.5) is 16.2 Å². The topological polar surface area (TPSA) is 89.6 Å². The number of pyridine rings is 1. The van der Waals surface area contributed by atoms with Crippen LogP contribution in [0.5, 0.6) is 5.75 Å². The van der Waals surface area contributed by atoms with Crippen molar-refractivity contribution in [3.8, 4) is 5.75 Å². The first-order valence-corrected chi connectivity index (χ1v) is 9.54. The van der Waals surface area contributed by atoms with Crippen molar-refractivity contribution < 1.29 is 19.1 Å². The predicted molar refractivity (Wildman–Crippen MR) is 113 cm³/mol. The third-order valence-corrected chi connectivity index (χ3v) is 4.90. The number of rotatable bonds is 5. The molecule has 2 heterocycles. The number of ether oxygens (including phenoxy) is 2. The van der Waals surface area contributed by atoms with Crippen LogP contribution in [0.2, 0.25) is 0 Å². The van der Waals surface area contributed by atoms with Gasteiger partial charge in [0.25, 0.3) is 0 Å². The summed E-state index contributed by atoms with van der Waals surface area (Å²) in [7, 11) is 1.30. The first-order chi connectivity index (χ1) is 14.6. The molecular formula is C23H21N3O4. The number of amides is 2. The fourth-order valence-corrected chi connectivity index (χ4v) is 3.47. The van der Waals surface area contributed by atoms with E-state index in [1.807, 2.05) is 48.5 Å². The quantitative estimate of drug-likeness (QED) is 0.662. The average molecular weight is 403 g/mol. The summed E-state index contributed by atoms with van der Waals surface area (Å²) in [5, 5.41) is 5.50. The standard InChI is InChI=1S/C23H21N3O4/c1-29-23(28)25-16-8-9-19-20(13-22(27)26-21(19)12-16)15-5-4-7-18(11-15)30-14-17-6-2-3-10-24-17/h2-12,20H,13-14H2,1H3,(H,25,28)(H,26,27). The Morgan fingerprint density at radius 2 is 2.07 bits per heavy atom. The van der Waals surface area contributed by atoms with Gasteiger partial charge in [-0.1, -0.05) is 24.3 Å². The molecule has 0 bridgehead atoms. The van der Waals surface area contributed by atoms with Gasteiger partial charge in [0.1, 0.15) is 12.4 Å². The molecule has 0 saturated heterocycles. The van der Waals surface area contributed by atoms with Crippen LogP contribution in [0.1, 0.15) is 29.2 Å². The number of anilines is 2. The number of carbonyl (C=O) groups is 2. The Bertz CT molecular complexity index is 1070. The highest BCUT2D eigenvalue weighted by molar-refractivity contribution is 5.96. The van der Waals surface area contributed by atoms with Crippen LogP contribution in [-0.4, -0.2) is 24.1 Å². The number of hydrogen-bond donors (Lipinski definition) is 2. The maximum absolute atomic E-state index is 12.3. The molecule has 1 aromatic heterocycles. The first-order valence-electron chi connectivity index (χ1n) is 9.54. The van der Waals surface area contributed by atoms with Crippen molar-refractivity contribution in [1.82, 2.24) is 4.98 Å². The minimum atomic E-state index is -0.564. The summed E-state index contributed by atoms with van der Waals surface area (Å²) in [4.78, 5) is 28.1. The average Bonchev–Trinajstić information content (AvgIpc) is 2.77. The van der Waals surface area contributed by atoms with Crippen molar-refractivity contribution in [1.29, 1.82) is 0 Å². The fourth-order valence-electron chi connectivity index (χ4n) is 3.47. The highest BCUT2D eigenvalue weighted by atomic mass is 16.5. The molecule has 2 amide bonds. The van der Waals surface area contributed by atoms with Gasteiger partial charge in [0.05, 0.1) is 12.8 Å². The van der Waals surface area contributed by atoms with Crippen LogP contribution in [0.25, 0.3) is 0 Å². The van der Waals surface area contributed by atoms with Crippen LogP contribution >= 0.6 is 0 Å². The second-order valence-electron chi connectivity index (χ2n) is 6.91. The van der Waals surface area contributed by atoms with E-state index in [1.54, 1.807) is 18.3 Å². The fraction of sp³-hybridized carbons (Fsp3) is 0.174. The molecule has 0 fully saturated rings. The van der Waals surface area contributed by atoms with E-state index < -0.39 is 6.09 Å². The van der Waals surface area contributed by atoms with Gasteiger partial charge in [-0.2, -0.15) is 0 Å². The van der Waals surface area contributed by atoms with E-state index in [1.165, 1.54) is 7.11 Å². The van der Waals surface area contributed by atoms with Crippen molar-refractivity contribution in [2.24, 2.45) is 0 Å². The molecule has 7 nitrogen and oxygen atoms in total. The zero-order valence-corrected chi connectivity index (χ0v) is 16.4. The van der Waals surface area contributed by atoms with Crippen LogP contribution in [0.15, 0.2) is 66.9 Å². The van der Waals surface area contributed by atoms with E-state index in [-0.39, 0.29) is 11.8 Å². The van der Waals surface area contributed by atoms with E-state index >= 15 is 0 Å². The Balaban J connectivity index is 1.57. The number of aromatic nitrogens is 1. The molecule has 1 atom stereocenters. The lowest BCUT2D eigenvalue weighted by Crippen LogP contribution is -2.24. The summed E-state index contributed by atoms with van der Waals surface area (Å²) in [6, 6.07) is 18.9.